The third kappa shape index (κ3) is 3.00. The monoisotopic (exact) mass is 380 g/mol. The van der Waals surface area contributed by atoms with Gasteiger partial charge < -0.3 is 5.32 Å². The molecule has 2 bridgehead atoms. The van der Waals surface area contributed by atoms with Gasteiger partial charge in [0.2, 0.25) is 17.7 Å². The van der Waals surface area contributed by atoms with Gasteiger partial charge in [-0.1, -0.05) is 12.1 Å². The molecule has 1 aliphatic heterocycles. The van der Waals surface area contributed by atoms with E-state index < -0.39 is 17.6 Å². The van der Waals surface area contributed by atoms with E-state index in [-0.39, 0.29) is 54.1 Å². The minimum atomic E-state index is -4.58. The summed E-state index contributed by atoms with van der Waals surface area (Å²) < 4.78 is 39.0. The van der Waals surface area contributed by atoms with Gasteiger partial charge in [-0.25, -0.2) is 0 Å². The van der Waals surface area contributed by atoms with E-state index in [4.69, 9.17) is 0 Å². The van der Waals surface area contributed by atoms with Crippen molar-refractivity contribution in [3.05, 3.63) is 29.8 Å². The quantitative estimate of drug-likeness (QED) is 0.817. The molecule has 2 saturated carbocycles. The van der Waals surface area contributed by atoms with Crippen LogP contribution >= 0.6 is 0 Å². The van der Waals surface area contributed by atoms with E-state index in [2.05, 4.69) is 5.32 Å². The first-order valence-electron chi connectivity index (χ1n) is 9.08. The van der Waals surface area contributed by atoms with Gasteiger partial charge in [-0.15, -0.1) is 0 Å². The molecule has 27 heavy (non-hydrogen) atoms. The van der Waals surface area contributed by atoms with Crippen LogP contribution in [0.4, 0.5) is 18.9 Å². The van der Waals surface area contributed by atoms with Crippen molar-refractivity contribution in [1.29, 1.82) is 0 Å². The van der Waals surface area contributed by atoms with Gasteiger partial charge in [0.05, 0.1) is 23.1 Å². The van der Waals surface area contributed by atoms with Crippen LogP contribution in [0.15, 0.2) is 24.3 Å². The van der Waals surface area contributed by atoms with E-state index in [0.717, 1.165) is 30.2 Å². The van der Waals surface area contributed by atoms with E-state index in [1.165, 1.54) is 18.2 Å². The van der Waals surface area contributed by atoms with Gasteiger partial charge in [0.15, 0.2) is 0 Å². The molecule has 4 rings (SSSR count). The van der Waals surface area contributed by atoms with Gasteiger partial charge in [0.1, 0.15) is 0 Å². The molecule has 4 atom stereocenters. The fourth-order valence-electron chi connectivity index (χ4n) is 4.96. The molecule has 0 aromatic heterocycles. The molecule has 5 nitrogen and oxygen atoms in total. The number of imide groups is 1. The van der Waals surface area contributed by atoms with E-state index in [1.807, 2.05) is 0 Å². The van der Waals surface area contributed by atoms with Crippen molar-refractivity contribution in [3.8, 4) is 0 Å². The molecule has 1 saturated heterocycles. The first-order valence-corrected chi connectivity index (χ1v) is 9.08. The molecule has 0 unspecified atom stereocenters. The van der Waals surface area contributed by atoms with Gasteiger partial charge in [0, 0.05) is 13.0 Å². The lowest BCUT2D eigenvalue weighted by Gasteiger charge is -2.19. The summed E-state index contributed by atoms with van der Waals surface area (Å²) in [6.07, 6.45) is -1.95. The highest BCUT2D eigenvalue weighted by molar-refractivity contribution is 6.06. The average Bonchev–Trinajstić information content (AvgIpc) is 3.27. The zero-order valence-electron chi connectivity index (χ0n) is 14.5. The number of fused-ring (bicyclic) bond motifs is 5. The molecule has 2 aliphatic carbocycles. The predicted octanol–water partition coefficient (Wildman–Crippen LogP) is 3.07. The highest BCUT2D eigenvalue weighted by Crippen LogP contribution is 2.56. The van der Waals surface area contributed by atoms with E-state index in [9.17, 15) is 27.6 Å². The lowest BCUT2D eigenvalue weighted by atomic mass is 9.81. The molecule has 3 fully saturated rings. The number of amides is 3. The number of para-hydroxylation sites is 1. The van der Waals surface area contributed by atoms with Crippen LogP contribution < -0.4 is 5.32 Å². The maximum atomic E-state index is 13.0. The molecular formula is C19H19F3N2O3. The largest absolute Gasteiger partial charge is 0.418 e. The Hall–Kier alpha value is -2.38. The SMILES string of the molecule is O=C(CCN1C(=O)[C@H]2[C@H]3CC[C@@H](C3)[C@@H]2C1=O)Nc1ccccc1C(F)(F)F. The molecule has 1 N–H and O–H groups in total. The Morgan fingerprint density at radius 2 is 1.67 bits per heavy atom. The zero-order chi connectivity index (χ0) is 19.3. The summed E-state index contributed by atoms with van der Waals surface area (Å²) in [5, 5.41) is 2.24. The summed E-state index contributed by atoms with van der Waals surface area (Å²) in [6.45, 7) is -0.0931. The number of nitrogens with one attached hydrogen (secondary N) is 1. The van der Waals surface area contributed by atoms with Crippen LogP contribution in [0.25, 0.3) is 0 Å². The number of anilines is 1. The highest BCUT2D eigenvalue weighted by atomic mass is 19.4. The van der Waals surface area contributed by atoms with E-state index in [1.54, 1.807) is 0 Å². The number of carbonyl (C=O) groups is 3. The molecule has 144 valence electrons. The Balaban J connectivity index is 1.40. The number of halogens is 3. The van der Waals surface area contributed by atoms with Crippen LogP contribution in [-0.4, -0.2) is 29.2 Å². The summed E-state index contributed by atoms with van der Waals surface area (Å²) in [7, 11) is 0. The topological polar surface area (TPSA) is 66.5 Å². The number of rotatable bonds is 4. The van der Waals surface area contributed by atoms with Crippen molar-refractivity contribution in [2.75, 3.05) is 11.9 Å². The normalized spacial score (nSPS) is 29.4. The second-order valence-corrected chi connectivity index (χ2v) is 7.55. The Morgan fingerprint density at radius 3 is 2.26 bits per heavy atom. The Bertz CT molecular complexity index is 780. The third-order valence-electron chi connectivity index (χ3n) is 6.09. The lowest BCUT2D eigenvalue weighted by molar-refractivity contribution is -0.141. The van der Waals surface area contributed by atoms with Crippen molar-refractivity contribution in [2.45, 2.75) is 31.9 Å². The summed E-state index contributed by atoms with van der Waals surface area (Å²) in [5.41, 5.74) is -1.26. The maximum absolute atomic E-state index is 13.0. The summed E-state index contributed by atoms with van der Waals surface area (Å²) in [5.74, 6) is -1.10. The van der Waals surface area contributed by atoms with Gasteiger partial charge in [0.25, 0.3) is 0 Å². The van der Waals surface area contributed by atoms with Crippen LogP contribution in [-0.2, 0) is 20.6 Å². The van der Waals surface area contributed by atoms with E-state index >= 15 is 0 Å². The number of benzene rings is 1. The molecule has 1 aromatic carbocycles. The number of nitrogens with zero attached hydrogens (tertiary/aromatic N) is 1. The Morgan fingerprint density at radius 1 is 1.07 bits per heavy atom. The third-order valence-corrected chi connectivity index (χ3v) is 6.09. The van der Waals surface area contributed by atoms with Crippen LogP contribution in [0.2, 0.25) is 0 Å². The Labute approximate surface area is 153 Å². The predicted molar refractivity (Wildman–Crippen MR) is 89.2 cm³/mol. The number of likely N-dealkylation sites (tertiary alicyclic amines) is 1. The van der Waals surface area contributed by atoms with Crippen LogP contribution in [0.1, 0.15) is 31.2 Å². The zero-order valence-corrected chi connectivity index (χ0v) is 14.5. The number of hydrogen-bond donors (Lipinski definition) is 1. The van der Waals surface area contributed by atoms with Crippen molar-refractivity contribution in [3.63, 3.8) is 0 Å². The smallest absolute Gasteiger partial charge is 0.325 e. The van der Waals surface area contributed by atoms with Gasteiger partial charge in [-0.2, -0.15) is 13.2 Å². The molecule has 0 spiro atoms. The van der Waals surface area contributed by atoms with Crippen molar-refractivity contribution in [2.24, 2.45) is 23.7 Å². The van der Waals surface area contributed by atoms with Crippen molar-refractivity contribution < 1.29 is 27.6 Å². The summed E-state index contributed by atoms with van der Waals surface area (Å²) in [4.78, 5) is 38.4. The molecule has 8 heteroatoms. The maximum Gasteiger partial charge on any atom is 0.418 e. The second kappa shape index (κ2) is 6.35. The average molecular weight is 380 g/mol. The minimum Gasteiger partial charge on any atom is -0.325 e. The van der Waals surface area contributed by atoms with Gasteiger partial charge in [-0.05, 0) is 43.2 Å². The van der Waals surface area contributed by atoms with Crippen molar-refractivity contribution >= 4 is 23.4 Å². The minimum absolute atomic E-state index is 0.0931. The molecule has 1 aromatic rings. The Kier molecular flexibility index (Phi) is 4.24. The number of alkyl halides is 3. The van der Waals surface area contributed by atoms with Gasteiger partial charge in [-0.3, -0.25) is 19.3 Å². The number of hydrogen-bond acceptors (Lipinski definition) is 3. The van der Waals surface area contributed by atoms with Gasteiger partial charge >= 0.3 is 6.18 Å². The van der Waals surface area contributed by atoms with Crippen molar-refractivity contribution in [1.82, 2.24) is 4.90 Å². The second-order valence-electron chi connectivity index (χ2n) is 7.55. The standard InChI is InChI=1S/C19H19F3N2O3/c20-19(21,22)12-3-1-2-4-13(12)23-14(25)7-8-24-17(26)15-10-5-6-11(9-10)16(15)18(24)27/h1-4,10-11,15-16H,5-9H2,(H,23,25)/t10-,11-,15-,16-/m0/s1. The lowest BCUT2D eigenvalue weighted by Crippen LogP contribution is -2.35. The van der Waals surface area contributed by atoms with Crippen LogP contribution in [0.5, 0.6) is 0 Å². The summed E-state index contributed by atoms with van der Waals surface area (Å²) >= 11 is 0. The van der Waals surface area contributed by atoms with E-state index in [0.29, 0.717) is 0 Å². The fourth-order valence-corrected chi connectivity index (χ4v) is 4.96. The molecule has 3 aliphatic rings. The molecule has 1 heterocycles. The highest BCUT2D eigenvalue weighted by Gasteiger charge is 2.60. The molecule has 0 radical (unpaired) electrons. The number of carbonyl (C=O) groups excluding carboxylic acids is 3. The molecule has 3 amide bonds. The van der Waals surface area contributed by atoms with Crippen LogP contribution in [0.3, 0.4) is 0 Å². The summed E-state index contributed by atoms with van der Waals surface area (Å²) in [6, 6.07) is 4.71. The fraction of sp³-hybridized carbons (Fsp3) is 0.526. The first kappa shape index (κ1) is 18.0. The molecular weight excluding hydrogens is 361 g/mol. The first-order chi connectivity index (χ1) is 12.8. The van der Waals surface area contributed by atoms with Crippen LogP contribution in [0, 0.1) is 23.7 Å².